The van der Waals surface area contributed by atoms with Gasteiger partial charge in [0.15, 0.2) is 0 Å². The summed E-state index contributed by atoms with van der Waals surface area (Å²) in [6.07, 6.45) is 0. The molecule has 3 aromatic rings. The van der Waals surface area contributed by atoms with E-state index in [0.717, 1.165) is 10.5 Å². The molecule has 0 unspecified atom stereocenters. The van der Waals surface area contributed by atoms with Crippen molar-refractivity contribution in [1.82, 2.24) is 0 Å². The Labute approximate surface area is 188 Å². The Bertz CT molecular complexity index is 1250. The molecule has 1 heterocycles. The second kappa shape index (κ2) is 8.17. The van der Waals surface area contributed by atoms with Gasteiger partial charge < -0.3 is 5.32 Å². The summed E-state index contributed by atoms with van der Waals surface area (Å²) in [4.78, 5) is 28.0. The van der Waals surface area contributed by atoms with Crippen molar-refractivity contribution in [1.29, 1.82) is 0 Å². The second-order valence-corrected chi connectivity index (χ2v) is 8.01. The number of nitrogens with zero attached hydrogens (tertiary/aromatic N) is 1. The Morgan fingerprint density at radius 1 is 0.903 bits per heavy atom. The lowest BCUT2D eigenvalue weighted by molar-refractivity contribution is -0.120. The summed E-state index contributed by atoms with van der Waals surface area (Å²) in [6, 6.07) is 15.6. The van der Waals surface area contributed by atoms with Gasteiger partial charge >= 0.3 is 0 Å². The van der Waals surface area contributed by atoms with Crippen molar-refractivity contribution >= 4 is 52.0 Å². The number of carbonyl (C=O) groups excluding carboxylic acids is 2. The first-order valence-corrected chi connectivity index (χ1v) is 10.2. The van der Waals surface area contributed by atoms with Gasteiger partial charge in [-0.05, 0) is 73.0 Å². The molecule has 0 saturated heterocycles. The number of anilines is 2. The van der Waals surface area contributed by atoms with Gasteiger partial charge in [-0.3, -0.25) is 9.59 Å². The quantitative estimate of drug-likeness (QED) is 0.481. The van der Waals surface area contributed by atoms with Crippen LogP contribution in [0.15, 0.2) is 66.4 Å². The number of imide groups is 1. The topological polar surface area (TPSA) is 49.4 Å². The number of hydrogen-bond acceptors (Lipinski definition) is 3. The summed E-state index contributed by atoms with van der Waals surface area (Å²) >= 11 is 12.3. The van der Waals surface area contributed by atoms with E-state index in [0.29, 0.717) is 32.5 Å². The highest BCUT2D eigenvalue weighted by Crippen LogP contribution is 2.36. The normalized spacial score (nSPS) is 13.9. The maximum atomic E-state index is 13.5. The van der Waals surface area contributed by atoms with Crippen LogP contribution in [0.25, 0.3) is 5.57 Å². The molecule has 0 radical (unpaired) electrons. The summed E-state index contributed by atoms with van der Waals surface area (Å²) < 4.78 is 13.5. The number of carbonyl (C=O) groups is 2. The number of benzene rings is 3. The molecule has 0 bridgehead atoms. The third kappa shape index (κ3) is 3.82. The molecule has 7 heteroatoms. The largest absolute Gasteiger partial charge is 0.350 e. The molecule has 156 valence electrons. The monoisotopic (exact) mass is 454 g/mol. The molecule has 0 saturated carbocycles. The molecule has 0 atom stereocenters. The summed E-state index contributed by atoms with van der Waals surface area (Å²) in [6.45, 7) is 3.58. The van der Waals surface area contributed by atoms with Gasteiger partial charge in [-0.2, -0.15) is 0 Å². The first kappa shape index (κ1) is 21.1. The fourth-order valence-corrected chi connectivity index (χ4v) is 3.90. The van der Waals surface area contributed by atoms with Crippen molar-refractivity contribution in [2.45, 2.75) is 13.8 Å². The highest BCUT2D eigenvalue weighted by molar-refractivity contribution is 6.46. The molecule has 31 heavy (non-hydrogen) atoms. The third-order valence-electron chi connectivity index (χ3n) is 5.14. The van der Waals surface area contributed by atoms with Crippen LogP contribution in [0, 0.1) is 19.7 Å². The molecule has 0 aliphatic carbocycles. The van der Waals surface area contributed by atoms with Crippen LogP contribution in [0.1, 0.15) is 16.7 Å². The summed E-state index contributed by atoms with van der Waals surface area (Å²) in [5, 5.41) is 4.11. The van der Waals surface area contributed by atoms with Crippen molar-refractivity contribution in [2.24, 2.45) is 0 Å². The van der Waals surface area contributed by atoms with E-state index in [1.54, 1.807) is 43.3 Å². The molecule has 1 N–H and O–H groups in total. The van der Waals surface area contributed by atoms with E-state index in [2.05, 4.69) is 5.32 Å². The smallest absolute Gasteiger partial charge is 0.282 e. The van der Waals surface area contributed by atoms with E-state index in [-0.39, 0.29) is 11.3 Å². The van der Waals surface area contributed by atoms with Crippen LogP contribution >= 0.6 is 23.2 Å². The average Bonchev–Trinajstić information content (AvgIpc) is 2.96. The number of rotatable bonds is 4. The minimum Gasteiger partial charge on any atom is -0.350 e. The van der Waals surface area contributed by atoms with Gasteiger partial charge in [0.1, 0.15) is 11.5 Å². The molecule has 2 amide bonds. The highest BCUT2D eigenvalue weighted by Gasteiger charge is 2.41. The third-order valence-corrected chi connectivity index (χ3v) is 5.79. The van der Waals surface area contributed by atoms with E-state index in [9.17, 15) is 14.0 Å². The fourth-order valence-electron chi connectivity index (χ4n) is 3.50. The zero-order chi connectivity index (χ0) is 22.3. The van der Waals surface area contributed by atoms with E-state index in [1.165, 1.54) is 24.3 Å². The predicted molar refractivity (Wildman–Crippen MR) is 122 cm³/mol. The lowest BCUT2D eigenvalue weighted by Gasteiger charge is -2.18. The Morgan fingerprint density at radius 2 is 1.61 bits per heavy atom. The van der Waals surface area contributed by atoms with E-state index >= 15 is 0 Å². The van der Waals surface area contributed by atoms with Crippen molar-refractivity contribution in [3.05, 3.63) is 98.9 Å². The SMILES string of the molecule is Cc1cc(Cl)ccc1N1C(=O)C(Nc2cccc(Cl)c2C)=C(c2ccc(F)cc2)C1=O. The number of aryl methyl sites for hydroxylation is 1. The average molecular weight is 455 g/mol. The van der Waals surface area contributed by atoms with Crippen molar-refractivity contribution in [3.8, 4) is 0 Å². The summed E-state index contributed by atoms with van der Waals surface area (Å²) in [5.74, 6) is -1.47. The van der Waals surface area contributed by atoms with Gasteiger partial charge in [0.2, 0.25) is 0 Å². The zero-order valence-electron chi connectivity index (χ0n) is 16.7. The van der Waals surface area contributed by atoms with Gasteiger partial charge in [-0.25, -0.2) is 9.29 Å². The molecule has 4 rings (SSSR count). The molecular formula is C24H17Cl2FN2O2. The highest BCUT2D eigenvalue weighted by atomic mass is 35.5. The molecule has 0 spiro atoms. The minimum absolute atomic E-state index is 0.0938. The van der Waals surface area contributed by atoms with E-state index < -0.39 is 17.6 Å². The van der Waals surface area contributed by atoms with E-state index in [1.807, 2.05) is 6.92 Å². The second-order valence-electron chi connectivity index (χ2n) is 7.17. The number of halogens is 3. The van der Waals surface area contributed by atoms with Crippen LogP contribution in [0.5, 0.6) is 0 Å². The maximum absolute atomic E-state index is 13.5. The number of hydrogen-bond donors (Lipinski definition) is 1. The van der Waals surface area contributed by atoms with Gasteiger partial charge in [-0.1, -0.05) is 41.4 Å². The van der Waals surface area contributed by atoms with Gasteiger partial charge in [0.05, 0.1) is 11.3 Å². The van der Waals surface area contributed by atoms with Crippen LogP contribution in [-0.2, 0) is 9.59 Å². The molecule has 0 fully saturated rings. The Kier molecular flexibility index (Phi) is 5.56. The van der Waals surface area contributed by atoms with Crippen LogP contribution in [0.4, 0.5) is 15.8 Å². The van der Waals surface area contributed by atoms with Crippen LogP contribution < -0.4 is 10.2 Å². The zero-order valence-corrected chi connectivity index (χ0v) is 18.2. The first-order chi connectivity index (χ1) is 14.8. The molecule has 4 nitrogen and oxygen atoms in total. The van der Waals surface area contributed by atoms with Crippen molar-refractivity contribution < 1.29 is 14.0 Å². The Morgan fingerprint density at radius 3 is 2.29 bits per heavy atom. The van der Waals surface area contributed by atoms with Crippen molar-refractivity contribution in [2.75, 3.05) is 10.2 Å². The van der Waals surface area contributed by atoms with Gasteiger partial charge in [0, 0.05) is 15.7 Å². The lowest BCUT2D eigenvalue weighted by atomic mass is 10.0. The molecule has 1 aliphatic rings. The van der Waals surface area contributed by atoms with Crippen LogP contribution in [0.2, 0.25) is 10.0 Å². The summed E-state index contributed by atoms with van der Waals surface area (Å²) in [5.41, 5.74) is 3.10. The van der Waals surface area contributed by atoms with Gasteiger partial charge in [-0.15, -0.1) is 0 Å². The Balaban J connectivity index is 1.87. The fraction of sp³-hybridized carbons (Fsp3) is 0.0833. The molecule has 0 aromatic heterocycles. The molecule has 3 aromatic carbocycles. The summed E-state index contributed by atoms with van der Waals surface area (Å²) in [7, 11) is 0. The van der Waals surface area contributed by atoms with Crippen LogP contribution in [-0.4, -0.2) is 11.8 Å². The number of nitrogens with one attached hydrogen (secondary N) is 1. The number of amides is 2. The standard InChI is InChI=1S/C24H17Cl2FN2O2/c1-13-12-16(25)8-11-20(13)29-23(30)21(15-6-9-17(27)10-7-15)22(24(29)31)28-19-5-3-4-18(26)14(19)2/h3-12,28H,1-2H3. The minimum atomic E-state index is -0.519. The van der Waals surface area contributed by atoms with Crippen molar-refractivity contribution in [3.63, 3.8) is 0 Å². The maximum Gasteiger partial charge on any atom is 0.282 e. The van der Waals surface area contributed by atoms with Gasteiger partial charge in [0.25, 0.3) is 11.8 Å². The molecular weight excluding hydrogens is 438 g/mol. The Hall–Kier alpha value is -3.15. The molecule has 1 aliphatic heterocycles. The van der Waals surface area contributed by atoms with Crippen LogP contribution in [0.3, 0.4) is 0 Å². The predicted octanol–water partition coefficient (Wildman–Crippen LogP) is 6.15. The first-order valence-electron chi connectivity index (χ1n) is 9.45. The lowest BCUT2D eigenvalue weighted by Crippen LogP contribution is -2.33. The van der Waals surface area contributed by atoms with E-state index in [4.69, 9.17) is 23.2 Å².